The Bertz CT molecular complexity index is 1220. The molecule has 0 saturated carbocycles. The Morgan fingerprint density at radius 1 is 1.27 bits per heavy atom. The number of aryl methyl sites for hydroxylation is 1. The van der Waals surface area contributed by atoms with Gasteiger partial charge in [-0.25, -0.2) is 9.97 Å². The Labute approximate surface area is 160 Å². The molecule has 0 atom stereocenters. The monoisotopic (exact) mass is 404 g/mol. The van der Waals surface area contributed by atoms with Crippen molar-refractivity contribution in [2.75, 3.05) is 0 Å². The van der Waals surface area contributed by atoms with Crippen LogP contribution in [-0.4, -0.2) is 19.5 Å². The Hall–Kier alpha value is -1.97. The van der Waals surface area contributed by atoms with E-state index in [4.69, 9.17) is 4.98 Å². The Morgan fingerprint density at radius 3 is 2.88 bits per heavy atom. The standard InChI is InChI=1S/C17H16N4O2S3/c1-3-9-7-10-15(26-9)20-17(21(4-2)16(10)23)25-8-12-18-11-5-6-24-13(11)14(22)19-12/h5-7H,3-4,8H2,1-2H3,(H,18,19,22). The molecule has 0 radical (unpaired) electrons. The van der Waals surface area contributed by atoms with Crippen molar-refractivity contribution in [3.63, 3.8) is 0 Å². The van der Waals surface area contributed by atoms with Crippen LogP contribution in [0.25, 0.3) is 20.4 Å². The number of thioether (sulfide) groups is 1. The van der Waals surface area contributed by atoms with Gasteiger partial charge in [0.15, 0.2) is 5.16 Å². The molecule has 0 bridgehead atoms. The van der Waals surface area contributed by atoms with Crippen LogP contribution >= 0.6 is 34.4 Å². The Kier molecular flexibility index (Phi) is 4.68. The molecule has 0 unspecified atom stereocenters. The van der Waals surface area contributed by atoms with E-state index in [0.29, 0.717) is 38.9 Å². The van der Waals surface area contributed by atoms with E-state index in [2.05, 4.69) is 16.9 Å². The van der Waals surface area contributed by atoms with E-state index in [1.807, 2.05) is 24.4 Å². The SMILES string of the molecule is CCc1cc2c(=O)n(CC)c(SCc3nc4ccsc4c(=O)[nH]3)nc2s1. The van der Waals surface area contributed by atoms with Crippen molar-refractivity contribution in [1.29, 1.82) is 0 Å². The summed E-state index contributed by atoms with van der Waals surface area (Å²) in [6.45, 7) is 4.56. The molecular formula is C17H16N4O2S3. The molecule has 4 aromatic heterocycles. The predicted octanol–water partition coefficient (Wildman–Crippen LogP) is 3.63. The molecule has 0 fully saturated rings. The lowest BCUT2D eigenvalue weighted by Crippen LogP contribution is -2.21. The summed E-state index contributed by atoms with van der Waals surface area (Å²) in [6.07, 6.45) is 0.890. The van der Waals surface area contributed by atoms with E-state index in [9.17, 15) is 9.59 Å². The van der Waals surface area contributed by atoms with E-state index in [1.165, 1.54) is 23.1 Å². The third kappa shape index (κ3) is 3.00. The first-order chi connectivity index (χ1) is 12.6. The predicted molar refractivity (Wildman–Crippen MR) is 109 cm³/mol. The van der Waals surface area contributed by atoms with Crippen molar-refractivity contribution in [3.05, 3.63) is 48.9 Å². The summed E-state index contributed by atoms with van der Waals surface area (Å²) in [6, 6.07) is 3.78. The van der Waals surface area contributed by atoms with Crippen LogP contribution in [0.5, 0.6) is 0 Å². The molecular weight excluding hydrogens is 388 g/mol. The van der Waals surface area contributed by atoms with Crippen LogP contribution in [0.15, 0.2) is 32.3 Å². The van der Waals surface area contributed by atoms with Crippen molar-refractivity contribution >= 4 is 54.9 Å². The number of hydrogen-bond acceptors (Lipinski definition) is 7. The van der Waals surface area contributed by atoms with Crippen LogP contribution < -0.4 is 11.1 Å². The minimum absolute atomic E-state index is 0.00862. The molecule has 0 aliphatic rings. The maximum absolute atomic E-state index is 12.8. The number of hydrogen-bond donors (Lipinski definition) is 1. The summed E-state index contributed by atoms with van der Waals surface area (Å²) < 4.78 is 2.31. The third-order valence-electron chi connectivity index (χ3n) is 4.03. The molecule has 1 N–H and O–H groups in total. The molecule has 0 aliphatic carbocycles. The molecule has 0 amide bonds. The molecule has 6 nitrogen and oxygen atoms in total. The van der Waals surface area contributed by atoms with Gasteiger partial charge in [-0.05, 0) is 30.9 Å². The Balaban J connectivity index is 1.71. The van der Waals surface area contributed by atoms with Crippen molar-refractivity contribution in [2.45, 2.75) is 37.7 Å². The van der Waals surface area contributed by atoms with Gasteiger partial charge in [-0.3, -0.25) is 14.2 Å². The number of aromatic nitrogens is 4. The minimum atomic E-state index is -0.122. The first-order valence-corrected chi connectivity index (χ1v) is 10.9. The van der Waals surface area contributed by atoms with Crippen LogP contribution in [0.1, 0.15) is 24.5 Å². The smallest absolute Gasteiger partial charge is 0.268 e. The van der Waals surface area contributed by atoms with Crippen molar-refractivity contribution in [3.8, 4) is 0 Å². The van der Waals surface area contributed by atoms with Crippen molar-refractivity contribution in [2.24, 2.45) is 0 Å². The molecule has 0 saturated heterocycles. The van der Waals surface area contributed by atoms with E-state index in [0.717, 1.165) is 16.1 Å². The lowest BCUT2D eigenvalue weighted by molar-refractivity contribution is 0.635. The topological polar surface area (TPSA) is 80.6 Å². The van der Waals surface area contributed by atoms with Crippen LogP contribution in [0, 0.1) is 0 Å². The summed E-state index contributed by atoms with van der Waals surface area (Å²) in [5, 5.41) is 3.20. The first kappa shape index (κ1) is 17.4. The zero-order valence-electron chi connectivity index (χ0n) is 14.2. The number of nitrogens with zero attached hydrogens (tertiary/aromatic N) is 3. The van der Waals surface area contributed by atoms with Gasteiger partial charge in [-0.15, -0.1) is 22.7 Å². The highest BCUT2D eigenvalue weighted by Gasteiger charge is 2.14. The molecule has 9 heteroatoms. The summed E-state index contributed by atoms with van der Waals surface area (Å²) in [4.78, 5) is 38.8. The van der Waals surface area contributed by atoms with Crippen molar-refractivity contribution < 1.29 is 0 Å². The van der Waals surface area contributed by atoms with Gasteiger partial charge in [-0.1, -0.05) is 18.7 Å². The molecule has 4 rings (SSSR count). The highest BCUT2D eigenvalue weighted by Crippen LogP contribution is 2.26. The summed E-state index contributed by atoms with van der Waals surface area (Å²) in [5.74, 6) is 1.04. The quantitative estimate of drug-likeness (QED) is 0.406. The number of fused-ring (bicyclic) bond motifs is 2. The normalized spacial score (nSPS) is 11.6. The largest absolute Gasteiger partial charge is 0.309 e. The van der Waals surface area contributed by atoms with E-state index < -0.39 is 0 Å². The molecule has 0 aliphatic heterocycles. The van der Waals surface area contributed by atoms with Gasteiger partial charge in [0, 0.05) is 11.4 Å². The maximum Gasteiger partial charge on any atom is 0.268 e. The van der Waals surface area contributed by atoms with E-state index in [1.54, 1.807) is 15.9 Å². The second-order valence-electron chi connectivity index (χ2n) is 5.67. The number of nitrogens with one attached hydrogen (secondary N) is 1. The number of aromatic amines is 1. The van der Waals surface area contributed by atoms with Crippen molar-refractivity contribution in [1.82, 2.24) is 19.5 Å². The van der Waals surface area contributed by atoms with Crippen LogP contribution in [0.2, 0.25) is 0 Å². The molecule has 0 aromatic carbocycles. The lowest BCUT2D eigenvalue weighted by atomic mass is 10.3. The second kappa shape index (κ2) is 6.98. The average Bonchev–Trinajstić information content (AvgIpc) is 3.26. The fraction of sp³-hybridized carbons (Fsp3) is 0.294. The number of H-pyrrole nitrogens is 1. The minimum Gasteiger partial charge on any atom is -0.309 e. The van der Waals surface area contributed by atoms with Crippen LogP contribution in [-0.2, 0) is 18.7 Å². The zero-order chi connectivity index (χ0) is 18.3. The van der Waals surface area contributed by atoms with Gasteiger partial charge in [0.05, 0.1) is 16.7 Å². The van der Waals surface area contributed by atoms with E-state index in [-0.39, 0.29) is 11.1 Å². The summed E-state index contributed by atoms with van der Waals surface area (Å²) in [7, 11) is 0. The van der Waals surface area contributed by atoms with Gasteiger partial charge in [0.25, 0.3) is 11.1 Å². The number of rotatable bonds is 5. The van der Waals surface area contributed by atoms with Crippen LogP contribution in [0.4, 0.5) is 0 Å². The highest BCUT2D eigenvalue weighted by molar-refractivity contribution is 7.98. The molecule has 0 spiro atoms. The average molecular weight is 405 g/mol. The first-order valence-electron chi connectivity index (χ1n) is 8.23. The highest BCUT2D eigenvalue weighted by atomic mass is 32.2. The summed E-state index contributed by atoms with van der Waals surface area (Å²) >= 11 is 4.36. The van der Waals surface area contributed by atoms with Gasteiger partial charge in [0.2, 0.25) is 0 Å². The molecule has 4 heterocycles. The number of thiophene rings is 2. The molecule has 26 heavy (non-hydrogen) atoms. The Morgan fingerprint density at radius 2 is 2.12 bits per heavy atom. The third-order valence-corrected chi connectivity index (χ3v) is 7.10. The lowest BCUT2D eigenvalue weighted by Gasteiger charge is -2.09. The van der Waals surface area contributed by atoms with Gasteiger partial charge < -0.3 is 4.98 Å². The van der Waals surface area contributed by atoms with Gasteiger partial charge in [-0.2, -0.15) is 0 Å². The van der Waals surface area contributed by atoms with Gasteiger partial charge >= 0.3 is 0 Å². The summed E-state index contributed by atoms with van der Waals surface area (Å²) in [5.41, 5.74) is 0.574. The molecule has 134 valence electrons. The molecule has 4 aromatic rings. The van der Waals surface area contributed by atoms with E-state index >= 15 is 0 Å². The van der Waals surface area contributed by atoms with Crippen LogP contribution in [0.3, 0.4) is 0 Å². The van der Waals surface area contributed by atoms with Gasteiger partial charge in [0.1, 0.15) is 15.4 Å². The maximum atomic E-state index is 12.8. The fourth-order valence-electron chi connectivity index (χ4n) is 2.73. The second-order valence-corrected chi connectivity index (χ2v) is 8.64. The fourth-order valence-corrected chi connectivity index (χ4v) is 5.40. The zero-order valence-corrected chi connectivity index (χ0v) is 16.7.